The zero-order valence-electron chi connectivity index (χ0n) is 12.6. The van der Waals surface area contributed by atoms with E-state index in [9.17, 15) is 9.90 Å². The third-order valence-corrected chi connectivity index (χ3v) is 3.41. The zero-order chi connectivity index (χ0) is 15.8. The Balaban J connectivity index is 1.65. The van der Waals surface area contributed by atoms with Crippen molar-refractivity contribution in [1.29, 1.82) is 0 Å². The van der Waals surface area contributed by atoms with E-state index in [-0.39, 0.29) is 5.91 Å². The molecule has 1 amide bonds. The number of amides is 1. The summed E-state index contributed by atoms with van der Waals surface area (Å²) >= 11 is 0. The van der Waals surface area contributed by atoms with Crippen LogP contribution in [0.1, 0.15) is 30.3 Å². The van der Waals surface area contributed by atoms with Crippen LogP contribution in [0.2, 0.25) is 0 Å². The van der Waals surface area contributed by atoms with Crippen molar-refractivity contribution < 1.29 is 19.1 Å². The number of carbonyl (C=O) groups excluding carboxylic acids is 1. The third kappa shape index (κ3) is 4.93. The van der Waals surface area contributed by atoms with Gasteiger partial charge in [-0.3, -0.25) is 4.79 Å². The van der Waals surface area contributed by atoms with Gasteiger partial charge >= 0.3 is 0 Å². The molecule has 0 saturated heterocycles. The molecule has 0 bridgehead atoms. The fourth-order valence-electron chi connectivity index (χ4n) is 2.11. The number of aliphatic hydroxyl groups is 1. The predicted molar refractivity (Wildman–Crippen MR) is 82.6 cm³/mol. The molecule has 1 unspecified atom stereocenters. The fourth-order valence-corrected chi connectivity index (χ4v) is 2.11. The first kappa shape index (κ1) is 16.1. The summed E-state index contributed by atoms with van der Waals surface area (Å²) in [5, 5.41) is 12.6. The van der Waals surface area contributed by atoms with Gasteiger partial charge in [0.25, 0.3) is 0 Å². The number of aliphatic hydroxyl groups excluding tert-OH is 1. The molecule has 0 aliphatic carbocycles. The molecule has 1 atom stereocenters. The maximum Gasteiger partial charge on any atom is 0.220 e. The molecule has 0 aliphatic rings. The largest absolute Gasteiger partial charge is 0.497 e. The molecule has 1 aromatic heterocycles. The summed E-state index contributed by atoms with van der Waals surface area (Å²) in [4.78, 5) is 11.8. The van der Waals surface area contributed by atoms with Crippen LogP contribution in [0.4, 0.5) is 0 Å². The van der Waals surface area contributed by atoms with E-state index in [2.05, 4.69) is 5.32 Å². The van der Waals surface area contributed by atoms with Crippen LogP contribution < -0.4 is 10.1 Å². The van der Waals surface area contributed by atoms with Crippen LogP contribution in [0.5, 0.6) is 5.75 Å². The molecule has 0 saturated carbocycles. The van der Waals surface area contributed by atoms with Crippen molar-refractivity contribution in [2.45, 2.75) is 25.4 Å². The van der Waals surface area contributed by atoms with Crippen LogP contribution in [0.3, 0.4) is 0 Å². The summed E-state index contributed by atoms with van der Waals surface area (Å²) in [6, 6.07) is 11.1. The number of nitrogens with one attached hydrogen (secondary N) is 1. The smallest absolute Gasteiger partial charge is 0.220 e. The van der Waals surface area contributed by atoms with Gasteiger partial charge in [0.2, 0.25) is 5.91 Å². The van der Waals surface area contributed by atoms with E-state index in [0.717, 1.165) is 11.3 Å². The maximum atomic E-state index is 11.8. The van der Waals surface area contributed by atoms with Crippen molar-refractivity contribution in [3.8, 4) is 5.75 Å². The van der Waals surface area contributed by atoms with Crippen molar-refractivity contribution in [3.63, 3.8) is 0 Å². The molecule has 2 aromatic rings. The lowest BCUT2D eigenvalue weighted by molar-refractivity contribution is -0.121. The Bertz CT molecular complexity index is 563. The lowest BCUT2D eigenvalue weighted by Crippen LogP contribution is -2.25. The van der Waals surface area contributed by atoms with E-state index >= 15 is 0 Å². The first-order valence-corrected chi connectivity index (χ1v) is 7.30. The lowest BCUT2D eigenvalue weighted by atomic mass is 10.1. The van der Waals surface area contributed by atoms with E-state index in [1.807, 2.05) is 24.3 Å². The second kappa shape index (κ2) is 8.24. The number of hydrogen-bond acceptors (Lipinski definition) is 4. The van der Waals surface area contributed by atoms with E-state index in [4.69, 9.17) is 9.15 Å². The highest BCUT2D eigenvalue weighted by molar-refractivity contribution is 5.76. The van der Waals surface area contributed by atoms with E-state index in [0.29, 0.717) is 31.6 Å². The normalized spacial score (nSPS) is 11.9. The van der Waals surface area contributed by atoms with Gasteiger partial charge in [-0.15, -0.1) is 0 Å². The Morgan fingerprint density at radius 2 is 2.09 bits per heavy atom. The Kier molecular flexibility index (Phi) is 6.03. The van der Waals surface area contributed by atoms with E-state index in [1.165, 1.54) is 6.26 Å². The maximum absolute atomic E-state index is 11.8. The average molecular weight is 303 g/mol. The molecule has 1 aromatic carbocycles. The summed E-state index contributed by atoms with van der Waals surface area (Å²) in [5.74, 6) is 1.30. The molecule has 22 heavy (non-hydrogen) atoms. The number of ether oxygens (including phenoxy) is 1. The van der Waals surface area contributed by atoms with Crippen LogP contribution in [0.25, 0.3) is 0 Å². The number of methoxy groups -OCH3 is 1. The van der Waals surface area contributed by atoms with Gasteiger partial charge in [-0.2, -0.15) is 0 Å². The number of benzene rings is 1. The zero-order valence-corrected chi connectivity index (χ0v) is 12.6. The van der Waals surface area contributed by atoms with Gasteiger partial charge < -0.3 is 19.6 Å². The fraction of sp³-hybridized carbons (Fsp3) is 0.353. The molecular formula is C17H21NO4. The van der Waals surface area contributed by atoms with Gasteiger partial charge in [0.1, 0.15) is 17.6 Å². The number of carbonyl (C=O) groups is 1. The van der Waals surface area contributed by atoms with Crippen molar-refractivity contribution in [2.75, 3.05) is 13.7 Å². The minimum Gasteiger partial charge on any atom is -0.497 e. The molecule has 118 valence electrons. The monoisotopic (exact) mass is 303 g/mol. The van der Waals surface area contributed by atoms with Crippen molar-refractivity contribution in [2.24, 2.45) is 0 Å². The van der Waals surface area contributed by atoms with Gasteiger partial charge in [0.05, 0.1) is 13.4 Å². The number of hydrogen-bond donors (Lipinski definition) is 2. The molecule has 0 radical (unpaired) electrons. The van der Waals surface area contributed by atoms with Gasteiger partial charge in [0.15, 0.2) is 0 Å². The van der Waals surface area contributed by atoms with Crippen LogP contribution in [0.15, 0.2) is 47.1 Å². The molecular weight excluding hydrogens is 282 g/mol. The molecule has 0 spiro atoms. The number of rotatable bonds is 8. The lowest BCUT2D eigenvalue weighted by Gasteiger charge is -2.09. The van der Waals surface area contributed by atoms with Gasteiger partial charge in [-0.1, -0.05) is 12.1 Å². The quantitative estimate of drug-likeness (QED) is 0.786. The summed E-state index contributed by atoms with van der Waals surface area (Å²) < 4.78 is 10.2. The molecule has 5 heteroatoms. The Hall–Kier alpha value is -2.27. The Morgan fingerprint density at radius 3 is 2.73 bits per heavy atom. The summed E-state index contributed by atoms with van der Waals surface area (Å²) in [6.07, 6.45) is 2.37. The second-order valence-corrected chi connectivity index (χ2v) is 5.02. The molecule has 2 rings (SSSR count). The van der Waals surface area contributed by atoms with Crippen LogP contribution >= 0.6 is 0 Å². The third-order valence-electron chi connectivity index (χ3n) is 3.41. The molecule has 0 aliphatic heterocycles. The minimum atomic E-state index is -0.683. The topological polar surface area (TPSA) is 71.7 Å². The first-order valence-electron chi connectivity index (χ1n) is 7.30. The van der Waals surface area contributed by atoms with Crippen molar-refractivity contribution in [1.82, 2.24) is 5.32 Å². The highest BCUT2D eigenvalue weighted by Crippen LogP contribution is 2.16. The Morgan fingerprint density at radius 1 is 1.32 bits per heavy atom. The summed E-state index contributed by atoms with van der Waals surface area (Å²) in [7, 11) is 1.62. The number of aryl methyl sites for hydroxylation is 1. The standard InChI is InChI=1S/C17H21NO4/c1-21-14-7-4-13(5-8-14)6-9-17(20)18-11-10-15(19)16-3-2-12-22-16/h2-5,7-8,12,15,19H,6,9-11H2,1H3,(H,18,20). The number of furan rings is 1. The average Bonchev–Trinajstić information content (AvgIpc) is 3.08. The van der Waals surface area contributed by atoms with Gasteiger partial charge in [0, 0.05) is 13.0 Å². The van der Waals surface area contributed by atoms with Gasteiger partial charge in [-0.25, -0.2) is 0 Å². The molecule has 0 fully saturated rings. The van der Waals surface area contributed by atoms with Crippen LogP contribution in [-0.2, 0) is 11.2 Å². The van der Waals surface area contributed by atoms with Crippen LogP contribution in [-0.4, -0.2) is 24.7 Å². The highest BCUT2D eigenvalue weighted by Gasteiger charge is 2.10. The SMILES string of the molecule is COc1ccc(CCC(=O)NCCC(O)c2ccco2)cc1. The van der Waals surface area contributed by atoms with E-state index < -0.39 is 6.10 Å². The predicted octanol–water partition coefficient (Wildman–Crippen LogP) is 2.46. The molecule has 5 nitrogen and oxygen atoms in total. The highest BCUT2D eigenvalue weighted by atomic mass is 16.5. The van der Waals surface area contributed by atoms with Gasteiger partial charge in [-0.05, 0) is 42.7 Å². The Labute approximate surface area is 129 Å². The first-order chi connectivity index (χ1) is 10.7. The van der Waals surface area contributed by atoms with E-state index in [1.54, 1.807) is 19.2 Å². The van der Waals surface area contributed by atoms with Crippen molar-refractivity contribution >= 4 is 5.91 Å². The minimum absolute atomic E-state index is 0.0255. The molecule has 2 N–H and O–H groups in total. The molecule has 1 heterocycles. The van der Waals surface area contributed by atoms with Crippen molar-refractivity contribution in [3.05, 3.63) is 54.0 Å². The summed E-state index contributed by atoms with van der Waals surface area (Å²) in [5.41, 5.74) is 1.09. The summed E-state index contributed by atoms with van der Waals surface area (Å²) in [6.45, 7) is 0.420. The second-order valence-electron chi connectivity index (χ2n) is 5.02. The van der Waals surface area contributed by atoms with Crippen LogP contribution in [0, 0.1) is 0 Å².